The monoisotopic (exact) mass is 274 g/mol. The number of aliphatic hydroxyl groups excluding tert-OH is 1. The largest absolute Gasteiger partial charge is 0.396 e. The van der Waals surface area contributed by atoms with E-state index in [2.05, 4.69) is 19.2 Å². The number of hydrogen-bond donors (Lipinski definition) is 2. The molecule has 1 rings (SSSR count). The highest BCUT2D eigenvalue weighted by atomic mass is 32.2. The number of carbonyl (C=O) groups excluding carboxylic acids is 1. The van der Waals surface area contributed by atoms with E-state index in [1.165, 1.54) is 0 Å². The number of hydrogen-bond acceptors (Lipinski definition) is 4. The van der Waals surface area contributed by atoms with Crippen molar-refractivity contribution >= 4 is 17.7 Å². The first-order valence-corrected chi connectivity index (χ1v) is 8.07. The molecular weight excluding hydrogens is 248 g/mol. The van der Waals surface area contributed by atoms with Gasteiger partial charge in [0.1, 0.15) is 0 Å². The summed E-state index contributed by atoms with van der Waals surface area (Å²) in [6.45, 7) is 6.86. The zero-order valence-corrected chi connectivity index (χ0v) is 12.3. The highest BCUT2D eigenvalue weighted by Crippen LogP contribution is 2.15. The second-order valence-electron chi connectivity index (χ2n) is 4.83. The topological polar surface area (TPSA) is 52.6 Å². The Labute approximate surface area is 115 Å². The Balaban J connectivity index is 2.53. The summed E-state index contributed by atoms with van der Waals surface area (Å²) in [5.74, 6) is 2.68. The SMILES string of the molecule is CC[C@@H](C)[C@H](NCCCO)C(=O)N1CCSCC1. The summed E-state index contributed by atoms with van der Waals surface area (Å²) in [6, 6.07) is -0.0929. The molecular formula is C13H26N2O2S. The molecule has 1 saturated heterocycles. The maximum atomic E-state index is 12.5. The Morgan fingerprint density at radius 2 is 2.11 bits per heavy atom. The molecule has 5 heteroatoms. The average Bonchev–Trinajstić information content (AvgIpc) is 2.43. The molecule has 1 heterocycles. The van der Waals surface area contributed by atoms with E-state index in [0.29, 0.717) is 18.9 Å². The van der Waals surface area contributed by atoms with Crippen LogP contribution in [0.1, 0.15) is 26.7 Å². The minimum absolute atomic E-state index is 0.0929. The number of nitrogens with one attached hydrogen (secondary N) is 1. The Kier molecular flexibility index (Phi) is 7.70. The van der Waals surface area contributed by atoms with E-state index in [9.17, 15) is 4.79 Å². The van der Waals surface area contributed by atoms with Crippen LogP contribution in [0.15, 0.2) is 0 Å². The van der Waals surface area contributed by atoms with Crippen LogP contribution in [0, 0.1) is 5.92 Å². The summed E-state index contributed by atoms with van der Waals surface area (Å²) in [6.07, 6.45) is 1.70. The van der Waals surface area contributed by atoms with Gasteiger partial charge in [-0.2, -0.15) is 11.8 Å². The third-order valence-electron chi connectivity index (χ3n) is 3.50. The Hall–Kier alpha value is -0.260. The van der Waals surface area contributed by atoms with Gasteiger partial charge in [-0.1, -0.05) is 20.3 Å². The van der Waals surface area contributed by atoms with Crippen LogP contribution in [0.25, 0.3) is 0 Å². The smallest absolute Gasteiger partial charge is 0.240 e. The molecule has 0 aliphatic carbocycles. The molecule has 2 N–H and O–H groups in total. The highest BCUT2D eigenvalue weighted by Gasteiger charge is 2.28. The van der Waals surface area contributed by atoms with Crippen LogP contribution in [-0.4, -0.2) is 59.7 Å². The van der Waals surface area contributed by atoms with Gasteiger partial charge < -0.3 is 15.3 Å². The van der Waals surface area contributed by atoms with Crippen molar-refractivity contribution in [1.29, 1.82) is 0 Å². The quantitative estimate of drug-likeness (QED) is 0.679. The van der Waals surface area contributed by atoms with Crippen molar-refractivity contribution in [3.8, 4) is 0 Å². The van der Waals surface area contributed by atoms with Crippen molar-refractivity contribution in [2.24, 2.45) is 5.92 Å². The van der Waals surface area contributed by atoms with Gasteiger partial charge in [0, 0.05) is 31.2 Å². The van der Waals surface area contributed by atoms with Gasteiger partial charge in [-0.3, -0.25) is 4.79 Å². The third-order valence-corrected chi connectivity index (χ3v) is 4.44. The molecule has 4 nitrogen and oxygen atoms in total. The lowest BCUT2D eigenvalue weighted by atomic mass is 9.97. The first-order valence-electron chi connectivity index (χ1n) is 6.91. The second kappa shape index (κ2) is 8.77. The van der Waals surface area contributed by atoms with Crippen LogP contribution in [-0.2, 0) is 4.79 Å². The molecule has 0 unspecified atom stereocenters. The fraction of sp³-hybridized carbons (Fsp3) is 0.923. The summed E-state index contributed by atoms with van der Waals surface area (Å²) >= 11 is 1.92. The van der Waals surface area contributed by atoms with Gasteiger partial charge in [-0.15, -0.1) is 0 Å². The number of rotatable bonds is 7. The van der Waals surface area contributed by atoms with E-state index in [1.54, 1.807) is 0 Å². The minimum atomic E-state index is -0.0929. The van der Waals surface area contributed by atoms with E-state index < -0.39 is 0 Å². The normalized spacial score (nSPS) is 19.6. The molecule has 1 fully saturated rings. The van der Waals surface area contributed by atoms with Crippen molar-refractivity contribution in [1.82, 2.24) is 10.2 Å². The van der Waals surface area contributed by atoms with Crippen LogP contribution >= 0.6 is 11.8 Å². The lowest BCUT2D eigenvalue weighted by Crippen LogP contribution is -2.52. The molecule has 1 aliphatic heterocycles. The number of aliphatic hydroxyl groups is 1. The molecule has 1 aliphatic rings. The second-order valence-corrected chi connectivity index (χ2v) is 6.06. The van der Waals surface area contributed by atoms with Gasteiger partial charge in [-0.25, -0.2) is 0 Å². The maximum Gasteiger partial charge on any atom is 0.240 e. The molecule has 2 atom stereocenters. The number of amides is 1. The highest BCUT2D eigenvalue weighted by molar-refractivity contribution is 7.99. The van der Waals surface area contributed by atoms with E-state index in [-0.39, 0.29) is 18.6 Å². The summed E-state index contributed by atoms with van der Waals surface area (Å²) in [5, 5.41) is 12.1. The first-order chi connectivity index (χ1) is 8.70. The summed E-state index contributed by atoms with van der Waals surface area (Å²) in [7, 11) is 0. The molecule has 0 aromatic rings. The molecule has 106 valence electrons. The summed E-state index contributed by atoms with van der Waals surface area (Å²) < 4.78 is 0. The number of nitrogens with zero attached hydrogens (tertiary/aromatic N) is 1. The molecule has 0 saturated carbocycles. The number of thioether (sulfide) groups is 1. The Morgan fingerprint density at radius 3 is 2.67 bits per heavy atom. The first kappa shape index (κ1) is 15.8. The fourth-order valence-electron chi connectivity index (χ4n) is 2.08. The van der Waals surface area contributed by atoms with Gasteiger partial charge in [0.15, 0.2) is 0 Å². The minimum Gasteiger partial charge on any atom is -0.396 e. The number of carbonyl (C=O) groups is 1. The van der Waals surface area contributed by atoms with Gasteiger partial charge in [-0.05, 0) is 18.9 Å². The predicted molar refractivity (Wildman–Crippen MR) is 76.9 cm³/mol. The van der Waals surface area contributed by atoms with E-state index in [0.717, 1.165) is 31.0 Å². The van der Waals surface area contributed by atoms with Gasteiger partial charge >= 0.3 is 0 Å². The van der Waals surface area contributed by atoms with Gasteiger partial charge in [0.25, 0.3) is 0 Å². The summed E-state index contributed by atoms with van der Waals surface area (Å²) in [4.78, 5) is 14.5. The Bertz CT molecular complexity index is 245. The van der Waals surface area contributed by atoms with Gasteiger partial charge in [0.2, 0.25) is 5.91 Å². The van der Waals surface area contributed by atoms with Crippen molar-refractivity contribution < 1.29 is 9.90 Å². The lowest BCUT2D eigenvalue weighted by Gasteiger charge is -2.33. The van der Waals surface area contributed by atoms with Crippen LogP contribution in [0.2, 0.25) is 0 Å². The van der Waals surface area contributed by atoms with Crippen LogP contribution in [0.3, 0.4) is 0 Å². The third kappa shape index (κ3) is 4.78. The van der Waals surface area contributed by atoms with Crippen LogP contribution in [0.5, 0.6) is 0 Å². The molecule has 1 amide bonds. The molecule has 0 aromatic heterocycles. The molecule has 0 radical (unpaired) electrons. The Morgan fingerprint density at radius 1 is 1.44 bits per heavy atom. The standard InChI is InChI=1S/C13H26N2O2S/c1-3-11(2)12(14-5-4-8-16)13(17)15-6-9-18-10-7-15/h11-12,14,16H,3-10H2,1-2H3/t11-,12+/m1/s1. The van der Waals surface area contributed by atoms with Crippen molar-refractivity contribution in [2.75, 3.05) is 37.7 Å². The van der Waals surface area contributed by atoms with Crippen molar-refractivity contribution in [2.45, 2.75) is 32.7 Å². The maximum absolute atomic E-state index is 12.5. The van der Waals surface area contributed by atoms with E-state index in [4.69, 9.17) is 5.11 Å². The van der Waals surface area contributed by atoms with E-state index >= 15 is 0 Å². The molecule has 0 aromatic carbocycles. The van der Waals surface area contributed by atoms with Crippen molar-refractivity contribution in [3.63, 3.8) is 0 Å². The predicted octanol–water partition coefficient (Wildman–Crippen LogP) is 0.949. The fourth-order valence-corrected chi connectivity index (χ4v) is 2.99. The molecule has 0 bridgehead atoms. The van der Waals surface area contributed by atoms with E-state index in [1.807, 2.05) is 16.7 Å². The molecule has 0 spiro atoms. The average molecular weight is 274 g/mol. The molecule has 18 heavy (non-hydrogen) atoms. The zero-order valence-electron chi connectivity index (χ0n) is 11.5. The van der Waals surface area contributed by atoms with Crippen LogP contribution in [0.4, 0.5) is 0 Å². The lowest BCUT2D eigenvalue weighted by molar-refractivity contribution is -0.134. The van der Waals surface area contributed by atoms with Crippen molar-refractivity contribution in [3.05, 3.63) is 0 Å². The summed E-state index contributed by atoms with van der Waals surface area (Å²) in [5.41, 5.74) is 0. The zero-order chi connectivity index (χ0) is 13.4. The van der Waals surface area contributed by atoms with Crippen LogP contribution < -0.4 is 5.32 Å². The van der Waals surface area contributed by atoms with Gasteiger partial charge in [0.05, 0.1) is 6.04 Å².